The molecule has 1 saturated heterocycles. The lowest BCUT2D eigenvalue weighted by Gasteiger charge is -2.19. The number of hydrogen-bond donors (Lipinski definition) is 1. The predicted molar refractivity (Wildman–Crippen MR) is 124 cm³/mol. The molecule has 10 heteroatoms. The van der Waals surface area contributed by atoms with Crippen LogP contribution in [0, 0.1) is 0 Å². The fraction of sp³-hybridized carbons (Fsp3) is 0.318. The molecule has 0 spiro atoms. The van der Waals surface area contributed by atoms with Gasteiger partial charge in [-0.05, 0) is 44.0 Å². The number of fused-ring (bicyclic) bond motifs is 1. The summed E-state index contributed by atoms with van der Waals surface area (Å²) in [6, 6.07) is 12.9. The lowest BCUT2D eigenvalue weighted by atomic mass is 10.2. The molecule has 8 nitrogen and oxygen atoms in total. The van der Waals surface area contributed by atoms with Gasteiger partial charge < -0.3 is 19.7 Å². The van der Waals surface area contributed by atoms with Gasteiger partial charge in [0, 0.05) is 24.8 Å². The van der Waals surface area contributed by atoms with E-state index in [1.54, 1.807) is 18.2 Å². The molecule has 0 aliphatic carbocycles. The Hall–Kier alpha value is -2.91. The van der Waals surface area contributed by atoms with Crippen LogP contribution in [0.25, 0.3) is 5.69 Å². The van der Waals surface area contributed by atoms with Crippen LogP contribution in [0.15, 0.2) is 47.6 Å². The van der Waals surface area contributed by atoms with Crippen LogP contribution in [0.4, 0.5) is 11.6 Å². The number of thioether (sulfide) groups is 1. The van der Waals surface area contributed by atoms with Gasteiger partial charge in [0.1, 0.15) is 0 Å². The molecule has 0 bridgehead atoms. The van der Waals surface area contributed by atoms with Crippen LogP contribution < -0.4 is 19.7 Å². The predicted octanol–water partition coefficient (Wildman–Crippen LogP) is 4.37. The van der Waals surface area contributed by atoms with Gasteiger partial charge in [0.05, 0.1) is 16.0 Å². The van der Waals surface area contributed by atoms with E-state index in [1.165, 1.54) is 11.8 Å². The minimum Gasteiger partial charge on any atom is -0.454 e. The number of rotatable bonds is 6. The molecular weight excluding hydrogens is 450 g/mol. The summed E-state index contributed by atoms with van der Waals surface area (Å²) in [4.78, 5) is 15.1. The Morgan fingerprint density at radius 1 is 1.12 bits per heavy atom. The van der Waals surface area contributed by atoms with Crippen molar-refractivity contribution in [2.24, 2.45) is 0 Å². The second-order valence-corrected chi connectivity index (χ2v) is 9.30. The molecule has 0 radical (unpaired) electrons. The third-order valence-corrected chi connectivity index (χ3v) is 6.75. The maximum Gasteiger partial charge on any atom is 0.237 e. The monoisotopic (exact) mass is 471 g/mol. The molecule has 1 amide bonds. The van der Waals surface area contributed by atoms with Crippen LogP contribution in [0.5, 0.6) is 11.5 Å². The zero-order chi connectivity index (χ0) is 22.1. The second kappa shape index (κ2) is 8.91. The van der Waals surface area contributed by atoms with Crippen molar-refractivity contribution in [2.75, 3.05) is 30.1 Å². The Balaban J connectivity index is 1.38. The van der Waals surface area contributed by atoms with Crippen LogP contribution >= 0.6 is 23.4 Å². The zero-order valence-corrected chi connectivity index (χ0v) is 19.0. The van der Waals surface area contributed by atoms with Crippen LogP contribution in [0.1, 0.15) is 19.8 Å². The van der Waals surface area contributed by atoms with E-state index in [-0.39, 0.29) is 12.7 Å². The minimum atomic E-state index is -0.419. The molecule has 3 heterocycles. The Morgan fingerprint density at radius 2 is 1.91 bits per heavy atom. The smallest absolute Gasteiger partial charge is 0.237 e. The van der Waals surface area contributed by atoms with E-state index in [2.05, 4.69) is 20.4 Å². The van der Waals surface area contributed by atoms with Gasteiger partial charge in [0.2, 0.25) is 18.6 Å². The molecule has 1 aromatic heterocycles. The SMILES string of the molecule is C[C@@H](Sc1nnc(N2CCCC2)n1-c1ccccc1Cl)C(=O)Nc1ccc2c(c1)OCO2. The number of anilines is 2. The molecule has 2 aliphatic rings. The van der Waals surface area contributed by atoms with Gasteiger partial charge in [-0.3, -0.25) is 9.36 Å². The highest BCUT2D eigenvalue weighted by Crippen LogP contribution is 2.36. The van der Waals surface area contributed by atoms with Crippen molar-refractivity contribution in [3.63, 3.8) is 0 Å². The maximum atomic E-state index is 12.9. The van der Waals surface area contributed by atoms with Crippen molar-refractivity contribution in [1.29, 1.82) is 0 Å². The zero-order valence-electron chi connectivity index (χ0n) is 17.5. The molecule has 0 unspecified atom stereocenters. The summed E-state index contributed by atoms with van der Waals surface area (Å²) in [5, 5.41) is 12.6. The number of amides is 1. The van der Waals surface area contributed by atoms with Gasteiger partial charge >= 0.3 is 0 Å². The maximum absolute atomic E-state index is 12.9. The first-order valence-electron chi connectivity index (χ1n) is 10.4. The number of aromatic nitrogens is 3. The number of hydrogen-bond acceptors (Lipinski definition) is 7. The number of carbonyl (C=O) groups excluding carboxylic acids is 1. The Labute approximate surface area is 194 Å². The van der Waals surface area contributed by atoms with Crippen molar-refractivity contribution >= 4 is 40.9 Å². The van der Waals surface area contributed by atoms with Crippen molar-refractivity contribution in [1.82, 2.24) is 14.8 Å². The summed E-state index contributed by atoms with van der Waals surface area (Å²) in [5.74, 6) is 1.90. The topological polar surface area (TPSA) is 81.5 Å². The number of halogens is 1. The Bertz CT molecular complexity index is 1150. The molecule has 2 aliphatic heterocycles. The highest BCUT2D eigenvalue weighted by atomic mass is 35.5. The average Bonchev–Trinajstić information content (AvgIpc) is 3.54. The number of ether oxygens (including phenoxy) is 2. The third kappa shape index (κ3) is 4.10. The Morgan fingerprint density at radius 3 is 2.72 bits per heavy atom. The van der Waals surface area contributed by atoms with E-state index in [0.717, 1.165) is 37.6 Å². The first kappa shape index (κ1) is 21.0. The van der Waals surface area contributed by atoms with Gasteiger partial charge in [-0.2, -0.15) is 0 Å². The minimum absolute atomic E-state index is 0.148. The standard InChI is InChI=1S/C22H22ClN5O3S/c1-14(20(29)24-15-8-9-18-19(12-15)31-13-30-18)32-22-26-25-21(27-10-4-5-11-27)28(22)17-7-3-2-6-16(17)23/h2-3,6-9,12,14H,4-5,10-11,13H2,1H3,(H,24,29)/t14-/m1/s1. The summed E-state index contributed by atoms with van der Waals surface area (Å²) in [5.41, 5.74) is 1.45. The fourth-order valence-corrected chi connectivity index (χ4v) is 4.81. The van der Waals surface area contributed by atoms with Gasteiger partial charge in [-0.1, -0.05) is 35.5 Å². The lowest BCUT2D eigenvalue weighted by Crippen LogP contribution is -2.24. The fourth-order valence-electron chi connectivity index (χ4n) is 3.73. The quantitative estimate of drug-likeness (QED) is 0.534. The number of benzene rings is 2. The number of carbonyl (C=O) groups is 1. The first-order chi connectivity index (χ1) is 15.6. The van der Waals surface area contributed by atoms with E-state index in [0.29, 0.717) is 27.4 Å². The lowest BCUT2D eigenvalue weighted by molar-refractivity contribution is -0.115. The summed E-state index contributed by atoms with van der Waals surface area (Å²) in [6.45, 7) is 3.88. The normalized spacial score (nSPS) is 15.8. The van der Waals surface area contributed by atoms with E-state index in [1.807, 2.05) is 35.8 Å². The van der Waals surface area contributed by atoms with Crippen molar-refractivity contribution in [3.05, 3.63) is 47.5 Å². The van der Waals surface area contributed by atoms with Crippen LogP contribution in [0.2, 0.25) is 5.02 Å². The number of nitrogens with one attached hydrogen (secondary N) is 1. The van der Waals surface area contributed by atoms with Crippen LogP contribution in [-0.2, 0) is 4.79 Å². The first-order valence-corrected chi connectivity index (χ1v) is 11.7. The van der Waals surface area contributed by atoms with E-state index < -0.39 is 5.25 Å². The van der Waals surface area contributed by atoms with Gasteiger partial charge in [0.25, 0.3) is 0 Å². The third-order valence-electron chi connectivity index (χ3n) is 5.39. The molecule has 32 heavy (non-hydrogen) atoms. The highest BCUT2D eigenvalue weighted by molar-refractivity contribution is 8.00. The Kier molecular flexibility index (Phi) is 5.84. The molecule has 2 aromatic carbocycles. The highest BCUT2D eigenvalue weighted by Gasteiger charge is 2.26. The van der Waals surface area contributed by atoms with Crippen molar-refractivity contribution in [2.45, 2.75) is 30.2 Å². The largest absolute Gasteiger partial charge is 0.454 e. The van der Waals surface area contributed by atoms with Crippen LogP contribution in [0.3, 0.4) is 0 Å². The summed E-state index contributed by atoms with van der Waals surface area (Å²) >= 11 is 7.86. The molecular formula is C22H22ClN5O3S. The second-order valence-electron chi connectivity index (χ2n) is 7.58. The summed E-state index contributed by atoms with van der Waals surface area (Å²) in [6.07, 6.45) is 2.23. The molecule has 0 saturated carbocycles. The number of nitrogens with zero attached hydrogens (tertiary/aromatic N) is 4. The summed E-state index contributed by atoms with van der Waals surface area (Å²) < 4.78 is 12.7. The van der Waals surface area contributed by atoms with Crippen molar-refractivity contribution < 1.29 is 14.3 Å². The molecule has 1 N–H and O–H groups in total. The van der Waals surface area contributed by atoms with E-state index >= 15 is 0 Å². The van der Waals surface area contributed by atoms with Crippen LogP contribution in [-0.4, -0.2) is 45.8 Å². The van der Waals surface area contributed by atoms with Gasteiger partial charge in [0.15, 0.2) is 16.7 Å². The average molecular weight is 472 g/mol. The summed E-state index contributed by atoms with van der Waals surface area (Å²) in [7, 11) is 0. The van der Waals surface area contributed by atoms with E-state index in [9.17, 15) is 4.79 Å². The molecule has 166 valence electrons. The van der Waals surface area contributed by atoms with E-state index in [4.69, 9.17) is 21.1 Å². The molecule has 1 fully saturated rings. The van der Waals surface area contributed by atoms with Gasteiger partial charge in [-0.15, -0.1) is 10.2 Å². The number of para-hydroxylation sites is 1. The van der Waals surface area contributed by atoms with Gasteiger partial charge in [-0.25, -0.2) is 0 Å². The molecule has 1 atom stereocenters. The van der Waals surface area contributed by atoms with Crippen molar-refractivity contribution in [3.8, 4) is 17.2 Å². The molecule has 5 rings (SSSR count). The molecule has 3 aromatic rings.